The fraction of sp³-hybridized carbons (Fsp3) is 0.300. The highest BCUT2D eigenvalue weighted by molar-refractivity contribution is 8.00. The van der Waals surface area contributed by atoms with Crippen molar-refractivity contribution in [3.8, 4) is 0 Å². The summed E-state index contributed by atoms with van der Waals surface area (Å²) < 4.78 is 42.7. The highest BCUT2D eigenvalue weighted by atomic mass is 32.2. The van der Waals surface area contributed by atoms with E-state index in [1.54, 1.807) is 0 Å². The minimum Gasteiger partial charge on any atom is -0.452 e. The minimum absolute atomic E-state index is 0.0421. The van der Waals surface area contributed by atoms with E-state index in [0.717, 1.165) is 40.3 Å². The first kappa shape index (κ1) is 21.8. The summed E-state index contributed by atoms with van der Waals surface area (Å²) in [4.78, 5) is 24.9. The van der Waals surface area contributed by atoms with Crippen LogP contribution in [0, 0.1) is 13.8 Å². The Hall–Kier alpha value is -2.48. The fourth-order valence-corrected chi connectivity index (χ4v) is 2.99. The number of amides is 1. The Kier molecular flexibility index (Phi) is 7.12. The average molecular weight is 411 g/mol. The number of benzene rings is 2. The number of rotatable bonds is 6. The van der Waals surface area contributed by atoms with Gasteiger partial charge in [0.25, 0.3) is 5.91 Å². The Bertz CT molecular complexity index is 851. The lowest BCUT2D eigenvalue weighted by Gasteiger charge is -2.14. The number of carbonyl (C=O) groups excluding carboxylic acids is 2. The molecule has 28 heavy (non-hydrogen) atoms. The molecule has 0 radical (unpaired) electrons. The van der Waals surface area contributed by atoms with E-state index in [1.165, 1.54) is 18.7 Å². The summed E-state index contributed by atoms with van der Waals surface area (Å²) in [6.07, 6.45) is -5.52. The molecule has 0 heterocycles. The molecule has 2 rings (SSSR count). The predicted octanol–water partition coefficient (Wildman–Crippen LogP) is 4.98. The van der Waals surface area contributed by atoms with Gasteiger partial charge in [-0.05, 0) is 68.3 Å². The number of esters is 1. The maximum atomic E-state index is 12.5. The molecule has 8 heteroatoms. The average Bonchev–Trinajstić information content (AvgIpc) is 2.62. The largest absolute Gasteiger partial charge is 0.452 e. The van der Waals surface area contributed by atoms with Crippen molar-refractivity contribution < 1.29 is 27.5 Å². The Morgan fingerprint density at radius 3 is 2.29 bits per heavy atom. The number of carbonyl (C=O) groups is 2. The van der Waals surface area contributed by atoms with Crippen molar-refractivity contribution in [3.05, 3.63) is 59.2 Å². The molecule has 2 aromatic carbocycles. The first-order valence-corrected chi connectivity index (χ1v) is 9.42. The van der Waals surface area contributed by atoms with Crippen LogP contribution in [0.25, 0.3) is 0 Å². The van der Waals surface area contributed by atoms with Gasteiger partial charge in [-0.15, -0.1) is 11.8 Å². The van der Waals surface area contributed by atoms with Crippen LogP contribution in [0.2, 0.25) is 0 Å². The second kappa shape index (κ2) is 9.14. The van der Waals surface area contributed by atoms with Gasteiger partial charge >= 0.3 is 12.1 Å². The maximum Gasteiger partial charge on any atom is 0.416 e. The van der Waals surface area contributed by atoms with Crippen LogP contribution < -0.4 is 5.32 Å². The topological polar surface area (TPSA) is 55.4 Å². The van der Waals surface area contributed by atoms with Crippen molar-refractivity contribution in [2.24, 2.45) is 0 Å². The van der Waals surface area contributed by atoms with Gasteiger partial charge in [0.15, 0.2) is 6.10 Å². The molecule has 0 bridgehead atoms. The lowest BCUT2D eigenvalue weighted by Crippen LogP contribution is -2.30. The summed E-state index contributed by atoms with van der Waals surface area (Å²) in [6, 6.07) is 9.85. The van der Waals surface area contributed by atoms with E-state index in [4.69, 9.17) is 4.74 Å². The van der Waals surface area contributed by atoms with E-state index in [1.807, 2.05) is 32.0 Å². The molecule has 4 nitrogen and oxygen atoms in total. The van der Waals surface area contributed by atoms with Crippen molar-refractivity contribution in [2.45, 2.75) is 37.9 Å². The number of nitrogens with one attached hydrogen (secondary N) is 1. The Morgan fingerprint density at radius 1 is 1.07 bits per heavy atom. The van der Waals surface area contributed by atoms with Crippen molar-refractivity contribution in [1.29, 1.82) is 0 Å². The zero-order chi connectivity index (χ0) is 20.9. The van der Waals surface area contributed by atoms with E-state index in [-0.39, 0.29) is 11.4 Å². The monoisotopic (exact) mass is 411 g/mol. The van der Waals surface area contributed by atoms with Gasteiger partial charge in [0.05, 0.1) is 11.3 Å². The first-order chi connectivity index (χ1) is 13.1. The molecule has 0 spiro atoms. The van der Waals surface area contributed by atoms with Gasteiger partial charge in [0.2, 0.25) is 0 Å². The third-order valence-electron chi connectivity index (χ3n) is 3.99. The number of ether oxygens (including phenoxy) is 1. The number of thioether (sulfide) groups is 1. The number of anilines is 1. The van der Waals surface area contributed by atoms with Crippen LogP contribution in [0.15, 0.2) is 47.4 Å². The quantitative estimate of drug-likeness (QED) is 0.538. The molecule has 0 saturated heterocycles. The van der Waals surface area contributed by atoms with Gasteiger partial charge in [-0.25, -0.2) is 0 Å². The van der Waals surface area contributed by atoms with Gasteiger partial charge in [-0.1, -0.05) is 6.07 Å². The molecule has 1 atom stereocenters. The number of hydrogen-bond donors (Lipinski definition) is 1. The molecule has 0 aliphatic rings. The summed E-state index contributed by atoms with van der Waals surface area (Å²) in [6.45, 7) is 5.37. The first-order valence-electron chi connectivity index (χ1n) is 8.44. The normalized spacial score (nSPS) is 12.4. The van der Waals surface area contributed by atoms with Crippen LogP contribution in [0.4, 0.5) is 18.9 Å². The molecule has 1 amide bonds. The van der Waals surface area contributed by atoms with Gasteiger partial charge in [-0.2, -0.15) is 13.2 Å². The van der Waals surface area contributed by atoms with Crippen LogP contribution in [-0.2, 0) is 20.5 Å². The number of aryl methyl sites for hydroxylation is 2. The zero-order valence-electron chi connectivity index (χ0n) is 15.6. The minimum atomic E-state index is -4.45. The van der Waals surface area contributed by atoms with Crippen molar-refractivity contribution in [3.63, 3.8) is 0 Å². The molecular weight excluding hydrogens is 391 g/mol. The summed E-state index contributed by atoms with van der Waals surface area (Å²) in [7, 11) is 0. The van der Waals surface area contributed by atoms with Crippen molar-refractivity contribution in [1.82, 2.24) is 0 Å². The van der Waals surface area contributed by atoms with Crippen LogP contribution >= 0.6 is 11.8 Å². The predicted molar refractivity (Wildman–Crippen MR) is 102 cm³/mol. The summed E-state index contributed by atoms with van der Waals surface area (Å²) in [5.74, 6) is -1.14. The van der Waals surface area contributed by atoms with E-state index >= 15 is 0 Å². The number of hydrogen-bond acceptors (Lipinski definition) is 4. The van der Waals surface area contributed by atoms with E-state index in [9.17, 15) is 22.8 Å². The van der Waals surface area contributed by atoms with Crippen LogP contribution in [0.1, 0.15) is 23.6 Å². The van der Waals surface area contributed by atoms with Gasteiger partial charge in [-0.3, -0.25) is 9.59 Å². The fourth-order valence-electron chi connectivity index (χ4n) is 2.22. The smallest absolute Gasteiger partial charge is 0.416 e. The van der Waals surface area contributed by atoms with Crippen LogP contribution in [0.3, 0.4) is 0 Å². The molecule has 0 unspecified atom stereocenters. The van der Waals surface area contributed by atoms with E-state index in [2.05, 4.69) is 5.32 Å². The Balaban J connectivity index is 1.84. The standard InChI is InChI=1S/C20H20F3NO3S/c1-12-4-9-17(10-13(12)2)28-11-18(25)27-14(3)19(26)24-16-7-5-15(6-8-16)20(21,22)23/h4-10,14H,11H2,1-3H3,(H,24,26)/t14-/m0/s1. The van der Waals surface area contributed by atoms with Crippen LogP contribution in [-0.4, -0.2) is 23.7 Å². The molecule has 0 saturated carbocycles. The lowest BCUT2D eigenvalue weighted by atomic mass is 10.1. The SMILES string of the molecule is Cc1ccc(SCC(=O)O[C@@H](C)C(=O)Nc2ccc(C(F)(F)F)cc2)cc1C. The van der Waals surface area contributed by atoms with Gasteiger partial charge in [0, 0.05) is 10.6 Å². The van der Waals surface area contributed by atoms with E-state index in [0.29, 0.717) is 0 Å². The molecule has 1 N–H and O–H groups in total. The number of halogens is 3. The molecular formula is C20H20F3NO3S. The number of alkyl halides is 3. The summed E-state index contributed by atoms with van der Waals surface area (Å²) >= 11 is 1.30. The molecule has 2 aromatic rings. The van der Waals surface area contributed by atoms with Gasteiger partial charge < -0.3 is 10.1 Å². The van der Waals surface area contributed by atoms with Crippen molar-refractivity contribution >= 4 is 29.3 Å². The Labute approximate surface area is 165 Å². The summed E-state index contributed by atoms with van der Waals surface area (Å²) in [5, 5.41) is 2.42. The van der Waals surface area contributed by atoms with Crippen LogP contribution in [0.5, 0.6) is 0 Å². The third kappa shape index (κ3) is 6.30. The molecule has 0 aliphatic heterocycles. The molecule has 0 aromatic heterocycles. The van der Waals surface area contributed by atoms with E-state index < -0.39 is 29.7 Å². The highest BCUT2D eigenvalue weighted by Gasteiger charge is 2.30. The maximum absolute atomic E-state index is 12.5. The third-order valence-corrected chi connectivity index (χ3v) is 4.96. The van der Waals surface area contributed by atoms with Crippen molar-refractivity contribution in [2.75, 3.05) is 11.1 Å². The second-order valence-electron chi connectivity index (χ2n) is 6.23. The molecule has 0 fully saturated rings. The lowest BCUT2D eigenvalue weighted by molar-refractivity contribution is -0.150. The Morgan fingerprint density at radius 2 is 1.71 bits per heavy atom. The molecule has 0 aliphatic carbocycles. The zero-order valence-corrected chi connectivity index (χ0v) is 16.4. The summed E-state index contributed by atoms with van der Waals surface area (Å²) in [5.41, 5.74) is 1.64. The highest BCUT2D eigenvalue weighted by Crippen LogP contribution is 2.29. The van der Waals surface area contributed by atoms with Gasteiger partial charge in [0.1, 0.15) is 0 Å². The second-order valence-corrected chi connectivity index (χ2v) is 7.28. The molecule has 150 valence electrons.